The number of nitrogens with zero attached hydrogens (tertiary/aromatic N) is 2. The molecule has 0 aliphatic heterocycles. The molecule has 1 aromatic heterocycles. The highest BCUT2D eigenvalue weighted by molar-refractivity contribution is 6.32. The minimum Gasteiger partial charge on any atom is -0.480 e. The van der Waals surface area contributed by atoms with E-state index in [4.69, 9.17) is 16.3 Å². The number of aliphatic carboxylic acids is 1. The molecule has 0 saturated carbocycles. The predicted octanol–water partition coefficient (Wildman–Crippen LogP) is 3.40. The number of rotatable bonds is 6. The van der Waals surface area contributed by atoms with Gasteiger partial charge in [0.15, 0.2) is 5.15 Å². The molecular formula is C20H16ClN3O5. The lowest BCUT2D eigenvalue weighted by Crippen LogP contribution is -2.31. The molecule has 0 bridgehead atoms. The smallest absolute Gasteiger partial charge is 0.412 e. The first-order valence-corrected chi connectivity index (χ1v) is 8.88. The molecule has 2 aromatic carbocycles. The topological polar surface area (TPSA) is 111 Å². The van der Waals surface area contributed by atoms with Crippen LogP contribution < -0.4 is 10.9 Å². The van der Waals surface area contributed by atoms with Crippen molar-refractivity contribution >= 4 is 29.4 Å². The summed E-state index contributed by atoms with van der Waals surface area (Å²) in [5.74, 6) is -1.17. The summed E-state index contributed by atoms with van der Waals surface area (Å²) in [6, 6.07) is 17.5. The van der Waals surface area contributed by atoms with Gasteiger partial charge in [0.05, 0.1) is 0 Å². The molecule has 1 amide bonds. The predicted molar refractivity (Wildman–Crippen MR) is 107 cm³/mol. The SMILES string of the molecule is O=C(O)Cn1c(-c2ccccc2)nc(Cl)c(NC(=O)OCc2ccccc2)c1=O. The Labute approximate surface area is 170 Å². The van der Waals surface area contributed by atoms with Crippen LogP contribution in [0.3, 0.4) is 0 Å². The summed E-state index contributed by atoms with van der Waals surface area (Å²) in [5.41, 5.74) is 0.106. The second-order valence-electron chi connectivity index (χ2n) is 5.94. The Morgan fingerprint density at radius 1 is 1.07 bits per heavy atom. The van der Waals surface area contributed by atoms with Crippen molar-refractivity contribution in [1.29, 1.82) is 0 Å². The van der Waals surface area contributed by atoms with Crippen molar-refractivity contribution in [2.75, 3.05) is 5.32 Å². The van der Waals surface area contributed by atoms with E-state index < -0.39 is 24.2 Å². The number of aromatic nitrogens is 2. The number of benzene rings is 2. The molecule has 0 radical (unpaired) electrons. The Morgan fingerprint density at radius 3 is 2.31 bits per heavy atom. The van der Waals surface area contributed by atoms with E-state index in [1.54, 1.807) is 54.6 Å². The molecule has 2 N–H and O–H groups in total. The quantitative estimate of drug-likeness (QED) is 0.599. The minimum atomic E-state index is -1.24. The summed E-state index contributed by atoms with van der Waals surface area (Å²) < 4.78 is 6.00. The number of hydrogen-bond donors (Lipinski definition) is 2. The van der Waals surface area contributed by atoms with Crippen LogP contribution >= 0.6 is 11.6 Å². The molecule has 3 rings (SSSR count). The van der Waals surface area contributed by atoms with Gasteiger partial charge in [0, 0.05) is 5.56 Å². The molecule has 9 heteroatoms. The van der Waals surface area contributed by atoms with Gasteiger partial charge in [-0.25, -0.2) is 9.78 Å². The van der Waals surface area contributed by atoms with Gasteiger partial charge in [-0.05, 0) is 5.56 Å². The Bertz CT molecular complexity index is 1080. The number of halogens is 1. The van der Waals surface area contributed by atoms with E-state index >= 15 is 0 Å². The lowest BCUT2D eigenvalue weighted by Gasteiger charge is -2.14. The lowest BCUT2D eigenvalue weighted by atomic mass is 10.2. The first-order chi connectivity index (χ1) is 14.0. The van der Waals surface area contributed by atoms with E-state index in [9.17, 15) is 19.5 Å². The van der Waals surface area contributed by atoms with Gasteiger partial charge in [0.25, 0.3) is 5.56 Å². The average molecular weight is 414 g/mol. The van der Waals surface area contributed by atoms with Gasteiger partial charge in [-0.3, -0.25) is 19.5 Å². The standard InChI is InChI=1S/C20H16ClN3O5/c21-17-16(22-20(28)29-12-13-7-3-1-4-8-13)19(27)24(11-15(25)26)18(23-17)14-9-5-2-6-10-14/h1-10H,11-12H2,(H,22,28)(H,25,26). The van der Waals surface area contributed by atoms with Crippen molar-refractivity contribution in [3.05, 3.63) is 81.7 Å². The van der Waals surface area contributed by atoms with Crippen LogP contribution in [-0.4, -0.2) is 26.7 Å². The van der Waals surface area contributed by atoms with E-state index in [0.717, 1.165) is 10.1 Å². The van der Waals surface area contributed by atoms with Crippen LogP contribution in [-0.2, 0) is 22.7 Å². The highest BCUT2D eigenvalue weighted by Gasteiger charge is 2.20. The molecule has 0 aliphatic rings. The summed E-state index contributed by atoms with van der Waals surface area (Å²) in [7, 11) is 0. The first kappa shape index (κ1) is 20.1. The number of amides is 1. The largest absolute Gasteiger partial charge is 0.480 e. The first-order valence-electron chi connectivity index (χ1n) is 8.51. The summed E-state index contributed by atoms with van der Waals surface area (Å²) >= 11 is 6.11. The van der Waals surface area contributed by atoms with E-state index in [2.05, 4.69) is 10.3 Å². The molecular weight excluding hydrogens is 398 g/mol. The van der Waals surface area contributed by atoms with Crippen LogP contribution in [0.1, 0.15) is 5.56 Å². The highest BCUT2D eigenvalue weighted by atomic mass is 35.5. The summed E-state index contributed by atoms with van der Waals surface area (Å²) in [6.45, 7) is -0.663. The maximum atomic E-state index is 12.8. The van der Waals surface area contributed by atoms with E-state index in [1.807, 2.05) is 6.07 Å². The number of carboxylic acid groups (broad SMARTS) is 1. The average Bonchev–Trinajstić information content (AvgIpc) is 2.72. The highest BCUT2D eigenvalue weighted by Crippen LogP contribution is 2.22. The Balaban J connectivity index is 1.90. The molecule has 3 aromatic rings. The molecule has 29 heavy (non-hydrogen) atoms. The third-order valence-electron chi connectivity index (χ3n) is 3.89. The molecule has 0 saturated heterocycles. The second-order valence-corrected chi connectivity index (χ2v) is 6.30. The molecule has 0 atom stereocenters. The molecule has 0 fully saturated rings. The van der Waals surface area contributed by atoms with Crippen molar-refractivity contribution < 1.29 is 19.4 Å². The molecule has 0 unspecified atom stereocenters. The van der Waals surface area contributed by atoms with Crippen molar-refractivity contribution in [3.63, 3.8) is 0 Å². The number of ether oxygens (including phenoxy) is 1. The summed E-state index contributed by atoms with van der Waals surface area (Å²) in [5, 5.41) is 11.2. The van der Waals surface area contributed by atoms with Crippen LogP contribution in [0.4, 0.5) is 10.5 Å². The fraction of sp³-hybridized carbons (Fsp3) is 0.100. The van der Waals surface area contributed by atoms with Crippen molar-refractivity contribution in [1.82, 2.24) is 9.55 Å². The van der Waals surface area contributed by atoms with Crippen molar-refractivity contribution in [2.24, 2.45) is 0 Å². The van der Waals surface area contributed by atoms with Gasteiger partial charge in [-0.15, -0.1) is 0 Å². The zero-order valence-corrected chi connectivity index (χ0v) is 15.8. The van der Waals surface area contributed by atoms with Gasteiger partial charge >= 0.3 is 12.1 Å². The van der Waals surface area contributed by atoms with Crippen LogP contribution in [0, 0.1) is 0 Å². The minimum absolute atomic E-state index is 0.0108. The number of anilines is 1. The summed E-state index contributed by atoms with van der Waals surface area (Å²) in [6.07, 6.45) is -0.913. The maximum Gasteiger partial charge on any atom is 0.412 e. The van der Waals surface area contributed by atoms with Crippen molar-refractivity contribution in [3.8, 4) is 11.4 Å². The Kier molecular flexibility index (Phi) is 6.25. The number of carboxylic acids is 1. The number of carbonyl (C=O) groups excluding carboxylic acids is 1. The number of nitrogens with one attached hydrogen (secondary N) is 1. The number of carbonyl (C=O) groups is 2. The van der Waals surface area contributed by atoms with Crippen LogP contribution in [0.5, 0.6) is 0 Å². The Morgan fingerprint density at radius 2 is 1.69 bits per heavy atom. The lowest BCUT2D eigenvalue weighted by molar-refractivity contribution is -0.137. The molecule has 0 aliphatic carbocycles. The molecule has 1 heterocycles. The Hall–Kier alpha value is -3.65. The zero-order chi connectivity index (χ0) is 20.8. The molecule has 8 nitrogen and oxygen atoms in total. The third-order valence-corrected chi connectivity index (χ3v) is 4.16. The van der Waals surface area contributed by atoms with Gasteiger partial charge in [-0.2, -0.15) is 0 Å². The van der Waals surface area contributed by atoms with Gasteiger partial charge < -0.3 is 9.84 Å². The van der Waals surface area contributed by atoms with E-state index in [-0.39, 0.29) is 23.3 Å². The van der Waals surface area contributed by atoms with Crippen molar-refractivity contribution in [2.45, 2.75) is 13.2 Å². The maximum absolute atomic E-state index is 12.8. The van der Waals surface area contributed by atoms with Gasteiger partial charge in [0.1, 0.15) is 24.7 Å². The fourth-order valence-electron chi connectivity index (χ4n) is 2.58. The molecule has 148 valence electrons. The number of hydrogen-bond acceptors (Lipinski definition) is 5. The van der Waals surface area contributed by atoms with Gasteiger partial charge in [-0.1, -0.05) is 72.3 Å². The van der Waals surface area contributed by atoms with Crippen LogP contribution in [0.25, 0.3) is 11.4 Å². The van der Waals surface area contributed by atoms with Gasteiger partial charge in [0.2, 0.25) is 0 Å². The fourth-order valence-corrected chi connectivity index (χ4v) is 2.79. The second kappa shape index (κ2) is 9.03. The third kappa shape index (κ3) is 4.99. The van der Waals surface area contributed by atoms with E-state index in [0.29, 0.717) is 5.56 Å². The summed E-state index contributed by atoms with van der Waals surface area (Å²) in [4.78, 5) is 40.3. The van der Waals surface area contributed by atoms with Crippen LogP contribution in [0.2, 0.25) is 5.15 Å². The zero-order valence-electron chi connectivity index (χ0n) is 15.0. The monoisotopic (exact) mass is 413 g/mol. The van der Waals surface area contributed by atoms with Crippen LogP contribution in [0.15, 0.2) is 65.5 Å². The normalized spacial score (nSPS) is 10.4. The molecule has 0 spiro atoms. The van der Waals surface area contributed by atoms with E-state index in [1.165, 1.54) is 0 Å².